The second-order valence-electron chi connectivity index (χ2n) is 5.26. The van der Waals surface area contributed by atoms with E-state index in [2.05, 4.69) is 32.0 Å². The Morgan fingerprint density at radius 2 is 2.26 bits per heavy atom. The minimum atomic E-state index is -0.131. The van der Waals surface area contributed by atoms with E-state index in [0.717, 1.165) is 35.4 Å². The maximum Gasteiger partial charge on any atom is 0.237 e. The second-order valence-corrected chi connectivity index (χ2v) is 6.04. The summed E-state index contributed by atoms with van der Waals surface area (Å²) < 4.78 is 0. The monoisotopic (exact) mass is 351 g/mol. The Balaban J connectivity index is 0.00000192. The van der Waals surface area contributed by atoms with Crippen molar-refractivity contribution in [1.82, 2.24) is 10.5 Å². The van der Waals surface area contributed by atoms with Crippen molar-refractivity contribution in [2.24, 2.45) is 15.9 Å². The molecule has 0 saturated carbocycles. The van der Waals surface area contributed by atoms with Crippen LogP contribution in [0.15, 0.2) is 39.3 Å². The number of hydroxylamine groups is 1. The molecule has 0 amide bonds. The van der Waals surface area contributed by atoms with E-state index in [0.29, 0.717) is 5.92 Å². The lowest BCUT2D eigenvalue weighted by atomic mass is 9.81. The van der Waals surface area contributed by atoms with Crippen molar-refractivity contribution >= 4 is 35.4 Å². The van der Waals surface area contributed by atoms with Crippen LogP contribution in [0.4, 0.5) is 0 Å². The van der Waals surface area contributed by atoms with Crippen LogP contribution in [0.3, 0.4) is 0 Å². The molecule has 0 aliphatic heterocycles. The SMILES string of the molecule is Cc1ccnc2c1C(=N/N=C(/N)NO)CC(c1ccsc1)C2.Cl. The van der Waals surface area contributed by atoms with Gasteiger partial charge in [-0.1, -0.05) is 0 Å². The summed E-state index contributed by atoms with van der Waals surface area (Å²) in [4.78, 5) is 4.52. The van der Waals surface area contributed by atoms with Crippen LogP contribution in [-0.4, -0.2) is 21.9 Å². The molecule has 2 aromatic rings. The molecule has 0 spiro atoms. The number of halogens is 1. The topological polar surface area (TPSA) is 95.9 Å². The maximum atomic E-state index is 8.73. The molecule has 0 aromatic carbocycles. The summed E-state index contributed by atoms with van der Waals surface area (Å²) in [7, 11) is 0. The van der Waals surface area contributed by atoms with Gasteiger partial charge in [0, 0.05) is 11.8 Å². The van der Waals surface area contributed by atoms with Gasteiger partial charge in [0.15, 0.2) is 0 Å². The third-order valence-electron chi connectivity index (χ3n) is 3.81. The van der Waals surface area contributed by atoms with Crippen LogP contribution in [0.25, 0.3) is 0 Å². The van der Waals surface area contributed by atoms with Gasteiger partial charge in [-0.15, -0.1) is 17.5 Å². The van der Waals surface area contributed by atoms with E-state index >= 15 is 0 Å². The van der Waals surface area contributed by atoms with Gasteiger partial charge in [-0.05, 0) is 59.7 Å². The van der Waals surface area contributed by atoms with E-state index in [1.165, 1.54) is 5.56 Å². The zero-order valence-electron chi connectivity index (χ0n) is 12.6. The van der Waals surface area contributed by atoms with Crippen molar-refractivity contribution in [3.8, 4) is 0 Å². The molecule has 3 rings (SSSR count). The van der Waals surface area contributed by atoms with Gasteiger partial charge in [0.1, 0.15) is 0 Å². The maximum absolute atomic E-state index is 8.73. The van der Waals surface area contributed by atoms with Crippen LogP contribution in [0.1, 0.15) is 34.7 Å². The molecule has 1 unspecified atom stereocenters. The summed E-state index contributed by atoms with van der Waals surface area (Å²) in [5.74, 6) is 0.207. The van der Waals surface area contributed by atoms with Crippen molar-refractivity contribution in [3.63, 3.8) is 0 Å². The van der Waals surface area contributed by atoms with Crippen LogP contribution in [0.5, 0.6) is 0 Å². The Morgan fingerprint density at radius 3 is 2.96 bits per heavy atom. The number of nitrogens with zero attached hydrogens (tertiary/aromatic N) is 3. The summed E-state index contributed by atoms with van der Waals surface area (Å²) in [6, 6.07) is 4.11. The van der Waals surface area contributed by atoms with Crippen LogP contribution >= 0.6 is 23.7 Å². The van der Waals surface area contributed by atoms with Crippen molar-refractivity contribution < 1.29 is 5.21 Å². The smallest absolute Gasteiger partial charge is 0.237 e. The largest absolute Gasteiger partial charge is 0.367 e. The number of aryl methyl sites for hydroxylation is 1. The lowest BCUT2D eigenvalue weighted by molar-refractivity contribution is 0.232. The minimum Gasteiger partial charge on any atom is -0.367 e. The average molecular weight is 352 g/mol. The quantitative estimate of drug-likeness (QED) is 0.440. The summed E-state index contributed by atoms with van der Waals surface area (Å²) in [5, 5.41) is 21.0. The number of pyridine rings is 1. The molecule has 0 fully saturated rings. The van der Waals surface area contributed by atoms with E-state index in [1.807, 2.05) is 19.2 Å². The third kappa shape index (κ3) is 3.69. The summed E-state index contributed by atoms with van der Waals surface area (Å²) >= 11 is 1.69. The van der Waals surface area contributed by atoms with Gasteiger partial charge in [-0.3, -0.25) is 10.2 Å². The van der Waals surface area contributed by atoms with Gasteiger partial charge in [-0.25, -0.2) is 5.48 Å². The highest BCUT2D eigenvalue weighted by Gasteiger charge is 2.27. The highest BCUT2D eigenvalue weighted by atomic mass is 35.5. The fourth-order valence-corrected chi connectivity index (χ4v) is 3.52. The van der Waals surface area contributed by atoms with Crippen molar-refractivity contribution in [1.29, 1.82) is 0 Å². The third-order valence-corrected chi connectivity index (χ3v) is 4.51. The highest BCUT2D eigenvalue weighted by molar-refractivity contribution is 7.08. The summed E-state index contributed by atoms with van der Waals surface area (Å²) in [6.07, 6.45) is 3.50. The second kappa shape index (κ2) is 7.54. The molecule has 0 saturated heterocycles. The van der Waals surface area contributed by atoms with Gasteiger partial charge in [-0.2, -0.15) is 16.4 Å². The van der Waals surface area contributed by atoms with Gasteiger partial charge < -0.3 is 5.73 Å². The van der Waals surface area contributed by atoms with E-state index in [-0.39, 0.29) is 18.4 Å². The van der Waals surface area contributed by atoms with E-state index < -0.39 is 0 Å². The summed E-state index contributed by atoms with van der Waals surface area (Å²) in [5.41, 5.74) is 12.6. The standard InChI is InChI=1S/C15H17N5OS.ClH/c1-9-2-4-17-12-6-11(10-3-5-22-8-10)7-13(14(9)12)18-19-15(16)20-21;/h2-5,8,11,21H,6-7H2,1H3,(H3,16,19,20);1H. The molecular weight excluding hydrogens is 334 g/mol. The molecule has 2 heterocycles. The molecule has 2 aromatic heterocycles. The molecule has 8 heteroatoms. The van der Waals surface area contributed by atoms with Gasteiger partial charge in [0.05, 0.1) is 11.4 Å². The number of guanidine groups is 1. The summed E-state index contributed by atoms with van der Waals surface area (Å²) in [6.45, 7) is 2.04. The number of nitrogens with two attached hydrogens (primary N) is 1. The van der Waals surface area contributed by atoms with Gasteiger partial charge in [0.25, 0.3) is 0 Å². The predicted molar refractivity (Wildman–Crippen MR) is 94.7 cm³/mol. The number of hydrogen-bond acceptors (Lipinski definition) is 5. The molecule has 122 valence electrons. The fraction of sp³-hybridized carbons (Fsp3) is 0.267. The molecule has 1 aliphatic rings. The van der Waals surface area contributed by atoms with Crippen LogP contribution < -0.4 is 11.2 Å². The molecular formula is C15H18ClN5OS. The van der Waals surface area contributed by atoms with Crippen molar-refractivity contribution in [2.45, 2.75) is 25.7 Å². The highest BCUT2D eigenvalue weighted by Crippen LogP contribution is 2.34. The Labute approximate surface area is 144 Å². The Hall–Kier alpha value is -1.96. The Bertz CT molecular complexity index is 729. The van der Waals surface area contributed by atoms with Crippen LogP contribution in [0.2, 0.25) is 0 Å². The normalized spacial score (nSPS) is 19.1. The van der Waals surface area contributed by atoms with Crippen molar-refractivity contribution in [2.75, 3.05) is 0 Å². The Kier molecular flexibility index (Phi) is 5.70. The first-order valence-electron chi connectivity index (χ1n) is 6.96. The molecule has 0 bridgehead atoms. The lowest BCUT2D eigenvalue weighted by Crippen LogP contribution is -2.28. The zero-order chi connectivity index (χ0) is 15.5. The van der Waals surface area contributed by atoms with Crippen LogP contribution in [-0.2, 0) is 6.42 Å². The van der Waals surface area contributed by atoms with E-state index in [9.17, 15) is 0 Å². The predicted octanol–water partition coefficient (Wildman–Crippen LogP) is 2.60. The van der Waals surface area contributed by atoms with E-state index in [4.69, 9.17) is 10.9 Å². The molecule has 1 atom stereocenters. The van der Waals surface area contributed by atoms with E-state index in [1.54, 1.807) is 16.8 Å². The minimum absolute atomic E-state index is 0. The average Bonchev–Trinajstić information content (AvgIpc) is 3.06. The Morgan fingerprint density at radius 1 is 1.43 bits per heavy atom. The number of thiophene rings is 1. The number of aromatic nitrogens is 1. The molecule has 4 N–H and O–H groups in total. The van der Waals surface area contributed by atoms with Crippen LogP contribution in [0, 0.1) is 6.92 Å². The lowest BCUT2D eigenvalue weighted by Gasteiger charge is -2.25. The molecule has 6 nitrogen and oxygen atoms in total. The molecule has 23 heavy (non-hydrogen) atoms. The number of rotatable bonds is 2. The first-order valence-corrected chi connectivity index (χ1v) is 7.90. The first kappa shape index (κ1) is 17.4. The first-order chi connectivity index (χ1) is 10.7. The molecule has 1 aliphatic carbocycles. The fourth-order valence-electron chi connectivity index (χ4n) is 2.77. The number of fused-ring (bicyclic) bond motifs is 1. The van der Waals surface area contributed by atoms with Gasteiger partial charge >= 0.3 is 0 Å². The molecule has 0 radical (unpaired) electrons. The zero-order valence-corrected chi connectivity index (χ0v) is 14.2. The van der Waals surface area contributed by atoms with Gasteiger partial charge in [0.2, 0.25) is 5.96 Å². The van der Waals surface area contributed by atoms with Crippen molar-refractivity contribution in [3.05, 3.63) is 51.5 Å². The number of nitrogens with one attached hydrogen (secondary N) is 1. The number of hydrogen-bond donors (Lipinski definition) is 3.